The molecule has 0 N–H and O–H groups in total. The maximum Gasteiger partial charge on any atom is 0.306 e. The number of quaternary nitrogens is 1. The Morgan fingerprint density at radius 1 is 1.19 bits per heavy atom. The highest BCUT2D eigenvalue weighted by Gasteiger charge is 2.49. The van der Waals surface area contributed by atoms with E-state index in [0.29, 0.717) is 44.4 Å². The Balaban J connectivity index is 1.30. The number of unbranched alkanes of at least 4 members (excludes halogenated alkanes) is 1. The maximum atomic E-state index is 12.9. The molecule has 1 aliphatic heterocycles. The van der Waals surface area contributed by atoms with Gasteiger partial charge in [-0.15, -0.1) is 18.2 Å². The topological polar surface area (TPSA) is 127 Å². The molecule has 268 valence electrons. The van der Waals surface area contributed by atoms with Gasteiger partial charge in [-0.2, -0.15) is 9.78 Å². The second-order valence-electron chi connectivity index (χ2n) is 13.0. The number of hydroxylamine groups is 3. The fourth-order valence-electron chi connectivity index (χ4n) is 6.10. The first-order valence-electron chi connectivity index (χ1n) is 16.5. The summed E-state index contributed by atoms with van der Waals surface area (Å²) >= 11 is 6.18. The van der Waals surface area contributed by atoms with E-state index in [1.807, 2.05) is 0 Å². The molecule has 0 bridgehead atoms. The molecule has 1 fully saturated rings. The Labute approximate surface area is 291 Å². The van der Waals surface area contributed by atoms with Gasteiger partial charge < -0.3 is 14.7 Å². The summed E-state index contributed by atoms with van der Waals surface area (Å²) in [5.41, 5.74) is 2.24. The zero-order valence-electron chi connectivity index (χ0n) is 28.6. The van der Waals surface area contributed by atoms with Crippen molar-refractivity contribution >= 4 is 33.6 Å². The van der Waals surface area contributed by atoms with Crippen LogP contribution in [0.3, 0.4) is 0 Å². The predicted octanol–water partition coefficient (Wildman–Crippen LogP) is 6.36. The summed E-state index contributed by atoms with van der Waals surface area (Å²) < 4.78 is 36.7. The highest BCUT2D eigenvalue weighted by atomic mass is 35.5. The van der Waals surface area contributed by atoms with E-state index in [-0.39, 0.29) is 47.9 Å². The number of sulfone groups is 1. The van der Waals surface area contributed by atoms with Gasteiger partial charge in [-0.1, -0.05) is 55.5 Å². The zero-order chi connectivity index (χ0) is 35.4. The van der Waals surface area contributed by atoms with Gasteiger partial charge in [0, 0.05) is 43.0 Å². The Bertz CT molecular complexity index is 1370. The van der Waals surface area contributed by atoms with E-state index in [1.165, 1.54) is 17.7 Å². The number of halogens is 1. The molecule has 3 rings (SSSR count). The molecular formula is C35H52ClN3O8S. The van der Waals surface area contributed by atoms with Crippen molar-refractivity contribution in [3.8, 4) is 0 Å². The van der Waals surface area contributed by atoms with Crippen molar-refractivity contribution in [1.82, 2.24) is 4.90 Å². The quantitative estimate of drug-likeness (QED) is 0.0358. The largest absolute Gasteiger partial charge is 0.551 e. The number of ether oxygens (including phenoxy) is 2. The Hall–Kier alpha value is -2.58. The monoisotopic (exact) mass is 709 g/mol. The molecule has 1 heterocycles. The second-order valence-corrected chi connectivity index (χ2v) is 15.3. The van der Waals surface area contributed by atoms with Crippen molar-refractivity contribution in [2.24, 2.45) is 22.4 Å². The lowest BCUT2D eigenvalue weighted by molar-refractivity contribution is -1.21. The smallest absolute Gasteiger partial charge is 0.306 e. The molecule has 5 atom stereocenters. The van der Waals surface area contributed by atoms with Crippen molar-refractivity contribution < 1.29 is 37.4 Å². The normalized spacial score (nSPS) is 25.6. The fraction of sp³-hybridized carbons (Fsp3) is 0.600. The van der Waals surface area contributed by atoms with Crippen LogP contribution in [0.2, 0.25) is 0 Å². The first kappa shape index (κ1) is 39.9. The number of nitrogens with zero attached hydrogens (tertiary/aromatic N) is 3. The standard InChI is InChI=1S/C35H52ClN3O8S/c1-7-35(6)17-16-30(23-32(35)28(4)24-36)29(5)26-38(27(2)3)18-20-45-34(40)15-11-12-19-44-21-22-46-39(41)33(25-37-47-39)48(42,43)31-13-9-8-10-14-31/h7-10,13-14,25,27,30,32-33H,1,4-5,11-12,15-24,26H2,2-3,6H3/t30-,32+,33?,35-,39?/m1/s1. The van der Waals surface area contributed by atoms with E-state index in [1.54, 1.807) is 18.2 Å². The summed E-state index contributed by atoms with van der Waals surface area (Å²) in [5.74, 6) is 0.826. The van der Waals surface area contributed by atoms with Gasteiger partial charge >= 0.3 is 11.3 Å². The van der Waals surface area contributed by atoms with Gasteiger partial charge in [0.05, 0.1) is 11.5 Å². The van der Waals surface area contributed by atoms with E-state index in [9.17, 15) is 18.4 Å². The van der Waals surface area contributed by atoms with Gasteiger partial charge in [-0.25, -0.2) is 8.42 Å². The SMILES string of the molecule is C=C[C@]1(C)CC[C@@H](C(=C)CN(CCOC(=O)CCCCOCCO[N+]2([O-])ON=CC2S(=O)(=O)c2ccccc2)C(C)C)C[C@H]1C(=C)CCl. The van der Waals surface area contributed by atoms with Crippen LogP contribution >= 0.6 is 11.6 Å². The van der Waals surface area contributed by atoms with Gasteiger partial charge in [0.1, 0.15) is 19.4 Å². The Kier molecular flexibility index (Phi) is 15.3. The first-order valence-corrected chi connectivity index (χ1v) is 18.6. The molecule has 1 aromatic carbocycles. The number of allylic oxidation sites excluding steroid dienone is 2. The van der Waals surface area contributed by atoms with Crippen molar-refractivity contribution in [3.63, 3.8) is 0 Å². The number of rotatable bonds is 21. The van der Waals surface area contributed by atoms with Crippen LogP contribution in [0.15, 0.2) is 77.3 Å². The third-order valence-corrected chi connectivity index (χ3v) is 11.6. The summed E-state index contributed by atoms with van der Waals surface area (Å²) in [5, 5.41) is 14.6. The molecule has 0 saturated heterocycles. The molecule has 0 spiro atoms. The molecule has 0 radical (unpaired) electrons. The van der Waals surface area contributed by atoms with Crippen LogP contribution in [0.4, 0.5) is 0 Å². The molecule has 1 saturated carbocycles. The minimum atomic E-state index is -4.09. The number of benzene rings is 1. The number of carbonyl (C=O) groups is 1. The molecule has 2 aliphatic rings. The fourth-order valence-corrected chi connectivity index (χ4v) is 7.75. The molecule has 48 heavy (non-hydrogen) atoms. The molecule has 2 unspecified atom stereocenters. The highest BCUT2D eigenvalue weighted by molar-refractivity contribution is 7.92. The maximum absolute atomic E-state index is 12.9. The molecule has 1 aromatic rings. The summed E-state index contributed by atoms with van der Waals surface area (Å²) in [6, 6.07) is 7.82. The molecule has 13 heteroatoms. The van der Waals surface area contributed by atoms with E-state index in [0.717, 1.165) is 37.6 Å². The van der Waals surface area contributed by atoms with E-state index in [2.05, 4.69) is 56.6 Å². The van der Waals surface area contributed by atoms with Crippen molar-refractivity contribution in [1.29, 1.82) is 0 Å². The van der Waals surface area contributed by atoms with Gasteiger partial charge in [0.15, 0.2) is 0 Å². The van der Waals surface area contributed by atoms with Gasteiger partial charge in [-0.3, -0.25) is 9.69 Å². The average Bonchev–Trinajstić information content (AvgIpc) is 3.47. The minimum absolute atomic E-state index is 0.00383. The number of oxime groups is 1. The van der Waals surface area contributed by atoms with Gasteiger partial charge in [0.2, 0.25) is 9.84 Å². The number of hydrogen-bond acceptors (Lipinski definition) is 10. The molecule has 1 aliphatic carbocycles. The van der Waals surface area contributed by atoms with Crippen LogP contribution in [0.25, 0.3) is 0 Å². The van der Waals surface area contributed by atoms with E-state index in [4.69, 9.17) is 30.9 Å². The summed E-state index contributed by atoms with van der Waals surface area (Å²) in [7, 11) is -4.09. The number of carbonyl (C=O) groups excluding carboxylic acids is 1. The van der Waals surface area contributed by atoms with E-state index >= 15 is 0 Å². The van der Waals surface area contributed by atoms with Crippen LogP contribution in [-0.2, 0) is 33.9 Å². The molecular weight excluding hydrogens is 658 g/mol. The van der Waals surface area contributed by atoms with Crippen LogP contribution < -0.4 is 0 Å². The molecule has 11 nitrogen and oxygen atoms in total. The van der Waals surface area contributed by atoms with E-state index < -0.39 is 20.2 Å². The third kappa shape index (κ3) is 10.7. The summed E-state index contributed by atoms with van der Waals surface area (Å²) in [4.78, 5) is 22.5. The number of hydrogen-bond donors (Lipinski definition) is 0. The Morgan fingerprint density at radius 2 is 1.92 bits per heavy atom. The number of esters is 1. The lowest BCUT2D eigenvalue weighted by Crippen LogP contribution is -2.51. The van der Waals surface area contributed by atoms with Crippen LogP contribution in [0, 0.1) is 22.5 Å². The minimum Gasteiger partial charge on any atom is -0.551 e. The number of alkyl halides is 1. The van der Waals surface area contributed by atoms with Crippen LogP contribution in [-0.4, -0.2) is 87.3 Å². The van der Waals surface area contributed by atoms with Crippen molar-refractivity contribution in [2.45, 2.75) is 75.6 Å². The summed E-state index contributed by atoms with van der Waals surface area (Å²) in [6.45, 7) is 21.1. The second kappa shape index (κ2) is 18.4. The lowest BCUT2D eigenvalue weighted by Gasteiger charge is -2.44. The van der Waals surface area contributed by atoms with Crippen molar-refractivity contribution in [3.05, 3.63) is 72.5 Å². The Morgan fingerprint density at radius 3 is 2.58 bits per heavy atom. The van der Waals surface area contributed by atoms with Gasteiger partial charge in [0.25, 0.3) is 0 Å². The van der Waals surface area contributed by atoms with Gasteiger partial charge in [-0.05, 0) is 80.5 Å². The highest BCUT2D eigenvalue weighted by Crippen LogP contribution is 2.49. The van der Waals surface area contributed by atoms with Crippen molar-refractivity contribution in [2.75, 3.05) is 45.4 Å². The van der Waals surface area contributed by atoms with Crippen LogP contribution in [0.5, 0.6) is 0 Å². The first-order chi connectivity index (χ1) is 22.8. The molecule has 0 amide bonds. The molecule has 0 aromatic heterocycles. The third-order valence-electron chi connectivity index (χ3n) is 9.30. The average molecular weight is 710 g/mol. The van der Waals surface area contributed by atoms with Crippen LogP contribution in [0.1, 0.15) is 59.3 Å². The lowest BCUT2D eigenvalue weighted by atomic mass is 9.61. The zero-order valence-corrected chi connectivity index (χ0v) is 30.1. The summed E-state index contributed by atoms with van der Waals surface area (Å²) in [6.07, 6.45) is 7.43. The predicted molar refractivity (Wildman–Crippen MR) is 187 cm³/mol.